The first-order valence-corrected chi connectivity index (χ1v) is 3.86. The molecule has 4 heteroatoms. The van der Waals surface area contributed by atoms with Crippen LogP contribution in [-0.4, -0.2) is 4.98 Å². The van der Waals surface area contributed by atoms with Crippen molar-refractivity contribution in [1.82, 2.24) is 4.98 Å². The van der Waals surface area contributed by atoms with Gasteiger partial charge in [-0.25, -0.2) is 4.39 Å². The summed E-state index contributed by atoms with van der Waals surface area (Å²) < 4.78 is 13.5. The fraction of sp³-hybridized carbons (Fsp3) is 0. The molecule has 2 nitrogen and oxygen atoms in total. The predicted octanol–water partition coefficient (Wildman–Crippen LogP) is 1.73. The van der Waals surface area contributed by atoms with Crippen LogP contribution >= 0.6 is 11.3 Å². The summed E-state index contributed by atoms with van der Waals surface area (Å²) in [5.41, 5.74) is 0.308. The van der Waals surface area contributed by atoms with Gasteiger partial charge in [0.1, 0.15) is 5.82 Å². The molecule has 56 valence electrons. The highest BCUT2D eigenvalue weighted by atomic mass is 32.1. The zero-order chi connectivity index (χ0) is 7.84. The van der Waals surface area contributed by atoms with Crippen molar-refractivity contribution in [3.63, 3.8) is 0 Å². The summed E-state index contributed by atoms with van der Waals surface area (Å²) in [7, 11) is 0. The van der Waals surface area contributed by atoms with Crippen LogP contribution in [-0.2, 0) is 0 Å². The Balaban J connectivity index is 3.01. The molecule has 0 aliphatic heterocycles. The summed E-state index contributed by atoms with van der Waals surface area (Å²) in [6.07, 6.45) is 0. The van der Waals surface area contributed by atoms with E-state index in [1.54, 1.807) is 12.1 Å². The second-order valence-corrected chi connectivity index (χ2v) is 3.14. The number of H-pyrrole nitrogens is 1. The van der Waals surface area contributed by atoms with Gasteiger partial charge in [0.15, 0.2) is 0 Å². The van der Waals surface area contributed by atoms with E-state index in [-0.39, 0.29) is 10.7 Å². The molecule has 0 aliphatic carbocycles. The fourth-order valence-corrected chi connectivity index (χ4v) is 1.69. The van der Waals surface area contributed by atoms with E-state index < -0.39 is 0 Å². The van der Waals surface area contributed by atoms with Crippen LogP contribution in [0.3, 0.4) is 0 Å². The molecule has 0 atom stereocenters. The molecule has 0 amide bonds. The van der Waals surface area contributed by atoms with Gasteiger partial charge in [-0.05, 0) is 12.1 Å². The van der Waals surface area contributed by atoms with E-state index in [1.807, 2.05) is 0 Å². The van der Waals surface area contributed by atoms with Gasteiger partial charge >= 0.3 is 4.87 Å². The van der Waals surface area contributed by atoms with E-state index in [0.717, 1.165) is 11.3 Å². The molecule has 11 heavy (non-hydrogen) atoms. The van der Waals surface area contributed by atoms with Crippen molar-refractivity contribution in [2.75, 3.05) is 0 Å². The lowest BCUT2D eigenvalue weighted by Gasteiger charge is -1.87. The molecule has 0 unspecified atom stereocenters. The van der Waals surface area contributed by atoms with Crippen LogP contribution < -0.4 is 4.87 Å². The Kier molecular flexibility index (Phi) is 1.29. The van der Waals surface area contributed by atoms with Crippen molar-refractivity contribution in [2.45, 2.75) is 0 Å². The van der Waals surface area contributed by atoms with Crippen molar-refractivity contribution in [3.05, 3.63) is 33.7 Å². The quantitative estimate of drug-likeness (QED) is 0.640. The van der Waals surface area contributed by atoms with Crippen LogP contribution in [0.5, 0.6) is 0 Å². The van der Waals surface area contributed by atoms with Crippen molar-refractivity contribution < 1.29 is 4.39 Å². The summed E-state index contributed by atoms with van der Waals surface area (Å²) in [5, 5.41) is 0. The molecule has 1 aromatic carbocycles. The van der Waals surface area contributed by atoms with Crippen molar-refractivity contribution >= 4 is 21.6 Å². The number of benzene rings is 1. The molecule has 2 rings (SSSR count). The molecule has 0 bridgehead atoms. The molecule has 0 saturated carbocycles. The van der Waals surface area contributed by atoms with E-state index in [4.69, 9.17) is 0 Å². The van der Waals surface area contributed by atoms with Crippen molar-refractivity contribution in [1.29, 1.82) is 0 Å². The lowest BCUT2D eigenvalue weighted by Crippen LogP contribution is -1.90. The summed E-state index contributed by atoms with van der Waals surface area (Å²) in [6, 6.07) is 4.62. The Morgan fingerprint density at radius 3 is 3.00 bits per heavy atom. The fourth-order valence-electron chi connectivity index (χ4n) is 0.938. The monoisotopic (exact) mass is 169 g/mol. The van der Waals surface area contributed by atoms with Crippen LogP contribution in [0.2, 0.25) is 0 Å². The number of hydrogen-bond donors (Lipinski definition) is 1. The number of para-hydroxylation sites is 1. The normalized spacial score (nSPS) is 10.6. The third kappa shape index (κ3) is 0.952. The van der Waals surface area contributed by atoms with Gasteiger partial charge in [-0.15, -0.1) is 0 Å². The van der Waals surface area contributed by atoms with Gasteiger partial charge in [0.2, 0.25) is 0 Å². The number of hydrogen-bond acceptors (Lipinski definition) is 2. The summed E-state index contributed by atoms with van der Waals surface area (Å²) >= 11 is 1.02. The largest absolute Gasteiger partial charge is 0.310 e. The molecular weight excluding hydrogens is 165 g/mol. The average Bonchev–Trinajstić information content (AvgIpc) is 2.31. The highest BCUT2D eigenvalue weighted by Gasteiger charge is 2.02. The maximum Gasteiger partial charge on any atom is 0.305 e. The van der Waals surface area contributed by atoms with Crippen LogP contribution in [0.15, 0.2) is 23.0 Å². The number of halogens is 1. The van der Waals surface area contributed by atoms with Crippen molar-refractivity contribution in [3.8, 4) is 0 Å². The van der Waals surface area contributed by atoms with Gasteiger partial charge < -0.3 is 4.98 Å². The topological polar surface area (TPSA) is 32.9 Å². The third-order valence-electron chi connectivity index (χ3n) is 1.41. The smallest absolute Gasteiger partial charge is 0.305 e. The minimum absolute atomic E-state index is 0.218. The van der Waals surface area contributed by atoms with Gasteiger partial charge in [0.25, 0.3) is 0 Å². The molecule has 1 aromatic heterocycles. The standard InChI is InChI=1S/C7H4FNOS/c8-4-2-1-3-5-6(4)9-7(10)11-5/h1-3H,(H,9,10). The molecule has 0 aliphatic rings. The summed E-state index contributed by atoms with van der Waals surface area (Å²) in [4.78, 5) is 12.9. The van der Waals surface area contributed by atoms with E-state index in [1.165, 1.54) is 6.07 Å². The molecule has 2 aromatic rings. The van der Waals surface area contributed by atoms with Crippen LogP contribution in [0.25, 0.3) is 10.2 Å². The van der Waals surface area contributed by atoms with Crippen LogP contribution in [0.4, 0.5) is 4.39 Å². The Hall–Kier alpha value is -1.16. The Morgan fingerprint density at radius 2 is 2.27 bits per heavy atom. The molecule has 0 spiro atoms. The summed E-state index contributed by atoms with van der Waals surface area (Å²) in [6.45, 7) is 0. The average molecular weight is 169 g/mol. The van der Waals surface area contributed by atoms with Gasteiger partial charge in [-0.3, -0.25) is 4.79 Å². The van der Waals surface area contributed by atoms with Gasteiger partial charge in [0, 0.05) is 0 Å². The first-order valence-electron chi connectivity index (χ1n) is 3.05. The number of aromatic amines is 1. The third-order valence-corrected chi connectivity index (χ3v) is 2.25. The first-order chi connectivity index (χ1) is 5.27. The predicted molar refractivity (Wildman–Crippen MR) is 42.4 cm³/mol. The number of thiazole rings is 1. The van der Waals surface area contributed by atoms with Gasteiger partial charge in [-0.1, -0.05) is 17.4 Å². The number of nitrogens with one attached hydrogen (secondary N) is 1. The zero-order valence-electron chi connectivity index (χ0n) is 5.43. The SMILES string of the molecule is O=c1[nH]c2c(F)cccc2s1. The Morgan fingerprint density at radius 1 is 1.45 bits per heavy atom. The highest BCUT2D eigenvalue weighted by Crippen LogP contribution is 2.16. The Labute approximate surface area is 65.3 Å². The van der Waals surface area contributed by atoms with E-state index >= 15 is 0 Å². The lowest BCUT2D eigenvalue weighted by molar-refractivity contribution is 0.637. The van der Waals surface area contributed by atoms with E-state index in [2.05, 4.69) is 4.98 Å². The zero-order valence-corrected chi connectivity index (χ0v) is 6.24. The first kappa shape index (κ1) is 6.54. The maximum absolute atomic E-state index is 12.8. The summed E-state index contributed by atoms with van der Waals surface area (Å²) in [5.74, 6) is -0.374. The van der Waals surface area contributed by atoms with Gasteiger partial charge in [-0.2, -0.15) is 0 Å². The highest BCUT2D eigenvalue weighted by molar-refractivity contribution is 7.16. The Bertz CT molecular complexity index is 445. The molecule has 1 heterocycles. The number of rotatable bonds is 0. The number of fused-ring (bicyclic) bond motifs is 1. The maximum atomic E-state index is 12.8. The molecule has 0 fully saturated rings. The minimum Gasteiger partial charge on any atom is -0.310 e. The minimum atomic E-state index is -0.374. The van der Waals surface area contributed by atoms with E-state index in [9.17, 15) is 9.18 Å². The molecule has 0 saturated heterocycles. The van der Waals surface area contributed by atoms with Crippen LogP contribution in [0.1, 0.15) is 0 Å². The molecule has 0 radical (unpaired) electrons. The lowest BCUT2D eigenvalue weighted by atomic mass is 10.3. The van der Waals surface area contributed by atoms with Gasteiger partial charge in [0.05, 0.1) is 10.2 Å². The second-order valence-electron chi connectivity index (χ2n) is 2.13. The van der Waals surface area contributed by atoms with Crippen LogP contribution in [0, 0.1) is 5.82 Å². The second kappa shape index (κ2) is 2.17. The van der Waals surface area contributed by atoms with E-state index in [0.29, 0.717) is 10.2 Å². The molecule has 1 N–H and O–H groups in total. The molecular formula is C7H4FNOS. The number of aromatic nitrogens is 1. The van der Waals surface area contributed by atoms with Crippen molar-refractivity contribution in [2.24, 2.45) is 0 Å².